The second kappa shape index (κ2) is 7.94. The van der Waals surface area contributed by atoms with E-state index in [2.05, 4.69) is 6.07 Å². The summed E-state index contributed by atoms with van der Waals surface area (Å²) in [5, 5.41) is 9.42. The maximum atomic E-state index is 12.9. The molecule has 3 aromatic rings. The van der Waals surface area contributed by atoms with Crippen molar-refractivity contribution in [1.82, 2.24) is 0 Å². The number of rotatable bonds is 5. The lowest BCUT2D eigenvalue weighted by atomic mass is 9.91. The third-order valence-corrected chi connectivity index (χ3v) is 3.96. The molecule has 0 heterocycles. The molecule has 0 aliphatic carbocycles. The van der Waals surface area contributed by atoms with Crippen molar-refractivity contribution in [2.24, 2.45) is 0 Å². The molecule has 0 radical (unpaired) electrons. The molecule has 0 spiro atoms. The average molecular weight is 327 g/mol. The van der Waals surface area contributed by atoms with Gasteiger partial charge in [0, 0.05) is 5.56 Å². The van der Waals surface area contributed by atoms with Crippen molar-refractivity contribution < 1.29 is 9.53 Å². The number of hydrogen-bond donors (Lipinski definition) is 0. The Morgan fingerprint density at radius 1 is 0.720 bits per heavy atom. The van der Waals surface area contributed by atoms with Crippen LogP contribution in [0.3, 0.4) is 0 Å². The Hall–Kier alpha value is -3.38. The minimum atomic E-state index is -0.927. The molecule has 122 valence electrons. The van der Waals surface area contributed by atoms with Gasteiger partial charge in [0.2, 0.25) is 6.10 Å². The maximum Gasteiger partial charge on any atom is 0.319 e. The third-order valence-electron chi connectivity index (χ3n) is 3.96. The second-order valence-corrected chi connectivity index (χ2v) is 5.61. The Labute approximate surface area is 147 Å². The van der Waals surface area contributed by atoms with Crippen LogP contribution in [0, 0.1) is 11.3 Å². The summed E-state index contributed by atoms with van der Waals surface area (Å²) in [7, 11) is 0. The van der Waals surface area contributed by atoms with Crippen LogP contribution in [0.1, 0.15) is 28.7 Å². The van der Waals surface area contributed by atoms with E-state index in [4.69, 9.17) is 4.74 Å². The van der Waals surface area contributed by atoms with Crippen LogP contribution in [0.4, 0.5) is 0 Å². The molecule has 25 heavy (non-hydrogen) atoms. The Kier molecular flexibility index (Phi) is 5.23. The van der Waals surface area contributed by atoms with E-state index < -0.39 is 18.0 Å². The quantitative estimate of drug-likeness (QED) is 0.642. The first-order valence-corrected chi connectivity index (χ1v) is 8.04. The first-order chi connectivity index (χ1) is 12.3. The van der Waals surface area contributed by atoms with Crippen LogP contribution < -0.4 is 0 Å². The highest BCUT2D eigenvalue weighted by atomic mass is 16.5. The summed E-state index contributed by atoms with van der Waals surface area (Å²) in [6, 6.07) is 30.0. The number of benzene rings is 3. The van der Waals surface area contributed by atoms with Crippen molar-refractivity contribution in [2.75, 3.05) is 0 Å². The number of hydrogen-bond acceptors (Lipinski definition) is 3. The molecule has 3 rings (SSSR count). The van der Waals surface area contributed by atoms with Crippen LogP contribution >= 0.6 is 0 Å². The molecular formula is C22H17NO2. The molecule has 1 atom stereocenters. The average Bonchev–Trinajstić information content (AvgIpc) is 2.69. The van der Waals surface area contributed by atoms with Crippen molar-refractivity contribution in [3.05, 3.63) is 108 Å². The van der Waals surface area contributed by atoms with Gasteiger partial charge >= 0.3 is 5.97 Å². The highest BCUT2D eigenvalue weighted by molar-refractivity contribution is 5.82. The fraction of sp³-hybridized carbons (Fsp3) is 0.0909. The summed E-state index contributed by atoms with van der Waals surface area (Å²) >= 11 is 0. The van der Waals surface area contributed by atoms with Crippen molar-refractivity contribution in [2.45, 2.75) is 12.0 Å². The fourth-order valence-corrected chi connectivity index (χ4v) is 2.74. The first kappa shape index (κ1) is 16.5. The Bertz CT molecular complexity index is 815. The largest absolute Gasteiger partial charge is 0.441 e. The first-order valence-electron chi connectivity index (χ1n) is 8.04. The number of carbonyl (C=O) groups excluding carboxylic acids is 1. The molecule has 3 heteroatoms. The summed E-state index contributed by atoms with van der Waals surface area (Å²) in [5.74, 6) is -1.00. The number of nitriles is 1. The molecule has 0 aliphatic rings. The molecule has 0 unspecified atom stereocenters. The molecule has 3 nitrogen and oxygen atoms in total. The standard InChI is InChI=1S/C22H17NO2/c23-16-20(17-10-4-1-5-11-17)25-22(24)21(18-12-6-2-7-13-18)19-14-8-3-9-15-19/h1-15,20-21H/t20-/m1/s1. The van der Waals surface area contributed by atoms with Gasteiger partial charge in [0.25, 0.3) is 0 Å². The molecule has 0 bridgehead atoms. The van der Waals surface area contributed by atoms with Crippen LogP contribution in [-0.4, -0.2) is 5.97 Å². The predicted octanol–water partition coefficient (Wildman–Crippen LogP) is 4.63. The highest BCUT2D eigenvalue weighted by Crippen LogP contribution is 2.28. The highest BCUT2D eigenvalue weighted by Gasteiger charge is 2.27. The van der Waals surface area contributed by atoms with Gasteiger partial charge in [0.05, 0.1) is 0 Å². The lowest BCUT2D eigenvalue weighted by molar-refractivity contribution is -0.147. The second-order valence-electron chi connectivity index (χ2n) is 5.61. The summed E-state index contributed by atoms with van der Waals surface area (Å²) in [4.78, 5) is 12.9. The van der Waals surface area contributed by atoms with Crippen LogP contribution in [0.5, 0.6) is 0 Å². The zero-order valence-corrected chi connectivity index (χ0v) is 13.6. The van der Waals surface area contributed by atoms with Gasteiger partial charge in [-0.15, -0.1) is 0 Å². The van der Waals surface area contributed by atoms with Crippen molar-refractivity contribution in [1.29, 1.82) is 5.26 Å². The van der Waals surface area contributed by atoms with E-state index in [1.807, 2.05) is 78.9 Å². The van der Waals surface area contributed by atoms with Gasteiger partial charge in [-0.2, -0.15) is 5.26 Å². The van der Waals surface area contributed by atoms with Gasteiger partial charge in [-0.1, -0.05) is 91.0 Å². The smallest absolute Gasteiger partial charge is 0.319 e. The topological polar surface area (TPSA) is 50.1 Å². The number of carbonyl (C=O) groups is 1. The van der Waals surface area contributed by atoms with Gasteiger partial charge in [-0.25, -0.2) is 0 Å². The predicted molar refractivity (Wildman–Crippen MR) is 95.6 cm³/mol. The van der Waals surface area contributed by atoms with Crippen LogP contribution in [0.2, 0.25) is 0 Å². The molecule has 0 aliphatic heterocycles. The molecule has 3 aromatic carbocycles. The van der Waals surface area contributed by atoms with E-state index in [0.717, 1.165) is 11.1 Å². The van der Waals surface area contributed by atoms with E-state index in [1.54, 1.807) is 12.1 Å². The van der Waals surface area contributed by atoms with E-state index in [1.165, 1.54) is 0 Å². The normalized spacial score (nSPS) is 11.5. The van der Waals surface area contributed by atoms with Crippen LogP contribution in [-0.2, 0) is 9.53 Å². The van der Waals surface area contributed by atoms with Gasteiger partial charge in [0.15, 0.2) is 0 Å². The van der Waals surface area contributed by atoms with E-state index in [9.17, 15) is 10.1 Å². The van der Waals surface area contributed by atoms with Gasteiger partial charge < -0.3 is 4.74 Å². The zero-order chi connectivity index (χ0) is 17.5. The fourth-order valence-electron chi connectivity index (χ4n) is 2.74. The number of ether oxygens (including phenoxy) is 1. The van der Waals surface area contributed by atoms with E-state index in [-0.39, 0.29) is 0 Å². The maximum absolute atomic E-state index is 12.9. The molecule has 0 fully saturated rings. The summed E-state index contributed by atoms with van der Waals surface area (Å²) in [5.41, 5.74) is 2.34. The Morgan fingerprint density at radius 3 is 1.52 bits per heavy atom. The lowest BCUT2D eigenvalue weighted by Gasteiger charge is -2.19. The van der Waals surface area contributed by atoms with Crippen molar-refractivity contribution in [3.8, 4) is 6.07 Å². The Balaban J connectivity index is 1.91. The molecule has 0 amide bonds. The molecule has 0 saturated heterocycles. The van der Waals surface area contributed by atoms with E-state index >= 15 is 0 Å². The molecular weight excluding hydrogens is 310 g/mol. The summed E-state index contributed by atoms with van der Waals surface area (Å²) in [6.07, 6.45) is -0.927. The van der Waals surface area contributed by atoms with E-state index in [0.29, 0.717) is 5.56 Å². The molecule has 0 N–H and O–H groups in total. The monoisotopic (exact) mass is 327 g/mol. The zero-order valence-electron chi connectivity index (χ0n) is 13.6. The third kappa shape index (κ3) is 3.94. The minimum absolute atomic E-state index is 0.437. The minimum Gasteiger partial charge on any atom is -0.441 e. The van der Waals surface area contributed by atoms with Gasteiger partial charge in [-0.05, 0) is 11.1 Å². The summed E-state index contributed by atoms with van der Waals surface area (Å²) < 4.78 is 5.56. The number of esters is 1. The van der Waals surface area contributed by atoms with Gasteiger partial charge in [0.1, 0.15) is 12.0 Å². The van der Waals surface area contributed by atoms with Crippen molar-refractivity contribution in [3.63, 3.8) is 0 Å². The van der Waals surface area contributed by atoms with Gasteiger partial charge in [-0.3, -0.25) is 4.79 Å². The summed E-state index contributed by atoms with van der Waals surface area (Å²) in [6.45, 7) is 0. The molecule has 0 aromatic heterocycles. The SMILES string of the molecule is N#C[C@@H](OC(=O)C(c1ccccc1)c1ccccc1)c1ccccc1. The number of nitrogens with zero attached hydrogens (tertiary/aromatic N) is 1. The lowest BCUT2D eigenvalue weighted by Crippen LogP contribution is -2.19. The molecule has 0 saturated carbocycles. The van der Waals surface area contributed by atoms with Crippen molar-refractivity contribution >= 4 is 5.97 Å². The Morgan fingerprint density at radius 2 is 1.12 bits per heavy atom. The van der Waals surface area contributed by atoms with Crippen LogP contribution in [0.15, 0.2) is 91.0 Å². The van der Waals surface area contributed by atoms with Crippen LogP contribution in [0.25, 0.3) is 0 Å².